The van der Waals surface area contributed by atoms with Crippen LogP contribution in [-0.4, -0.2) is 51.1 Å². The first-order valence-corrected chi connectivity index (χ1v) is 8.29. The Kier molecular flexibility index (Phi) is 4.62. The van der Waals surface area contributed by atoms with E-state index in [1.54, 1.807) is 0 Å². The van der Waals surface area contributed by atoms with Crippen molar-refractivity contribution >= 4 is 0 Å². The fourth-order valence-corrected chi connectivity index (χ4v) is 3.79. The Bertz CT molecular complexity index is 447. The summed E-state index contributed by atoms with van der Waals surface area (Å²) >= 11 is 0. The molecule has 2 heterocycles. The molecule has 5 nitrogen and oxygen atoms in total. The zero-order chi connectivity index (χ0) is 14.7. The maximum Gasteiger partial charge on any atom is 0.0909 e. The van der Waals surface area contributed by atoms with Crippen LogP contribution >= 0.6 is 0 Å². The molecule has 0 spiro atoms. The largest absolute Gasteiger partial charge is 0.387 e. The summed E-state index contributed by atoms with van der Waals surface area (Å²) in [4.78, 5) is 2.50. The van der Waals surface area contributed by atoms with E-state index in [4.69, 9.17) is 0 Å². The summed E-state index contributed by atoms with van der Waals surface area (Å²) in [6, 6.07) is 0.614. The molecule has 5 heteroatoms. The molecule has 2 fully saturated rings. The number of hydrogen-bond donors (Lipinski definition) is 2. The lowest BCUT2D eigenvalue weighted by atomic mass is 9.92. The molecule has 1 aliphatic carbocycles. The van der Waals surface area contributed by atoms with Crippen molar-refractivity contribution in [3.05, 3.63) is 18.0 Å². The Labute approximate surface area is 127 Å². The molecule has 3 rings (SSSR count). The number of β-amino-alcohol motifs (C(OH)–C–C–N with tert-alkyl or cyclic N) is 1. The van der Waals surface area contributed by atoms with E-state index in [0.717, 1.165) is 32.6 Å². The molecule has 1 aromatic heterocycles. The Morgan fingerprint density at radius 3 is 2.86 bits per heavy atom. The smallest absolute Gasteiger partial charge is 0.0909 e. The van der Waals surface area contributed by atoms with Crippen LogP contribution in [0.15, 0.2) is 12.4 Å². The summed E-state index contributed by atoms with van der Waals surface area (Å²) in [5, 5.41) is 18.3. The SMILES string of the molecule is Cn1cc(CN(CC2(O)CCNC2)C2CCCCC2)cn1. The first-order valence-electron chi connectivity index (χ1n) is 8.29. The second-order valence-electron chi connectivity index (χ2n) is 6.87. The predicted octanol–water partition coefficient (Wildman–Crippen LogP) is 1.28. The number of aryl methyl sites for hydroxylation is 1. The van der Waals surface area contributed by atoms with Crippen LogP contribution in [0.5, 0.6) is 0 Å². The summed E-state index contributed by atoms with van der Waals surface area (Å²) in [5.74, 6) is 0. The Balaban J connectivity index is 1.70. The number of hydrogen-bond acceptors (Lipinski definition) is 4. The highest BCUT2D eigenvalue weighted by Gasteiger charge is 2.35. The van der Waals surface area contributed by atoms with E-state index in [2.05, 4.69) is 21.5 Å². The molecular formula is C16H28N4O. The van der Waals surface area contributed by atoms with Gasteiger partial charge in [0.1, 0.15) is 0 Å². The van der Waals surface area contributed by atoms with Crippen LogP contribution in [0, 0.1) is 0 Å². The van der Waals surface area contributed by atoms with Gasteiger partial charge in [0.15, 0.2) is 0 Å². The van der Waals surface area contributed by atoms with Crippen LogP contribution in [0.2, 0.25) is 0 Å². The lowest BCUT2D eigenvalue weighted by molar-refractivity contribution is -0.00245. The van der Waals surface area contributed by atoms with Gasteiger partial charge in [0.25, 0.3) is 0 Å². The van der Waals surface area contributed by atoms with E-state index in [0.29, 0.717) is 6.04 Å². The average Bonchev–Trinajstić information content (AvgIpc) is 3.08. The molecule has 0 aromatic carbocycles. The number of nitrogens with one attached hydrogen (secondary N) is 1. The summed E-state index contributed by atoms with van der Waals surface area (Å²) in [6.45, 7) is 3.34. The zero-order valence-corrected chi connectivity index (χ0v) is 13.1. The number of nitrogens with zero attached hydrogens (tertiary/aromatic N) is 3. The van der Waals surface area contributed by atoms with Gasteiger partial charge in [-0.25, -0.2) is 0 Å². The van der Waals surface area contributed by atoms with E-state index in [-0.39, 0.29) is 0 Å². The van der Waals surface area contributed by atoms with Gasteiger partial charge in [-0.3, -0.25) is 9.58 Å². The van der Waals surface area contributed by atoms with Crippen LogP contribution in [0.1, 0.15) is 44.1 Å². The second-order valence-corrected chi connectivity index (χ2v) is 6.87. The summed E-state index contributed by atoms with van der Waals surface area (Å²) in [6.07, 6.45) is 11.5. The van der Waals surface area contributed by atoms with Crippen molar-refractivity contribution in [3.63, 3.8) is 0 Å². The number of rotatable bonds is 5. The average molecular weight is 292 g/mol. The summed E-state index contributed by atoms with van der Waals surface area (Å²) in [5.41, 5.74) is 0.692. The molecule has 2 aliphatic rings. The summed E-state index contributed by atoms with van der Waals surface area (Å²) in [7, 11) is 1.96. The van der Waals surface area contributed by atoms with Crippen LogP contribution in [0.3, 0.4) is 0 Å². The molecule has 1 saturated carbocycles. The minimum atomic E-state index is -0.556. The molecule has 1 aliphatic heterocycles. The highest BCUT2D eigenvalue weighted by molar-refractivity contribution is 5.05. The molecule has 2 N–H and O–H groups in total. The third-order valence-corrected chi connectivity index (χ3v) is 4.95. The van der Waals surface area contributed by atoms with Gasteiger partial charge in [0.2, 0.25) is 0 Å². The molecule has 1 unspecified atom stereocenters. The highest BCUT2D eigenvalue weighted by Crippen LogP contribution is 2.27. The van der Waals surface area contributed by atoms with Crippen molar-refractivity contribution in [1.82, 2.24) is 20.0 Å². The van der Waals surface area contributed by atoms with Gasteiger partial charge in [-0.15, -0.1) is 0 Å². The highest BCUT2D eigenvalue weighted by atomic mass is 16.3. The maximum absolute atomic E-state index is 10.8. The molecule has 1 aromatic rings. The molecule has 0 amide bonds. The maximum atomic E-state index is 10.8. The molecule has 0 radical (unpaired) electrons. The topological polar surface area (TPSA) is 53.3 Å². The van der Waals surface area contributed by atoms with Gasteiger partial charge in [0.05, 0.1) is 11.8 Å². The second kappa shape index (κ2) is 6.46. The zero-order valence-electron chi connectivity index (χ0n) is 13.1. The lowest BCUT2D eigenvalue weighted by Gasteiger charge is -2.38. The Morgan fingerprint density at radius 2 is 2.24 bits per heavy atom. The van der Waals surface area contributed by atoms with Gasteiger partial charge in [-0.2, -0.15) is 5.10 Å². The Morgan fingerprint density at radius 1 is 1.43 bits per heavy atom. The van der Waals surface area contributed by atoms with E-state index < -0.39 is 5.60 Å². The van der Waals surface area contributed by atoms with Gasteiger partial charge >= 0.3 is 0 Å². The third-order valence-electron chi connectivity index (χ3n) is 4.95. The van der Waals surface area contributed by atoms with Gasteiger partial charge in [-0.1, -0.05) is 19.3 Å². The first-order chi connectivity index (χ1) is 10.1. The van der Waals surface area contributed by atoms with Gasteiger partial charge in [0, 0.05) is 44.5 Å². The van der Waals surface area contributed by atoms with E-state index in [9.17, 15) is 5.11 Å². The van der Waals surface area contributed by atoms with Gasteiger partial charge < -0.3 is 10.4 Å². The monoisotopic (exact) mass is 292 g/mol. The molecule has 1 atom stereocenters. The Hall–Kier alpha value is -0.910. The van der Waals surface area contributed by atoms with Crippen LogP contribution < -0.4 is 5.32 Å². The van der Waals surface area contributed by atoms with Crippen molar-refractivity contribution < 1.29 is 5.11 Å². The van der Waals surface area contributed by atoms with Crippen LogP contribution in [-0.2, 0) is 13.6 Å². The minimum Gasteiger partial charge on any atom is -0.387 e. The fraction of sp³-hybridized carbons (Fsp3) is 0.812. The van der Waals surface area contributed by atoms with Crippen molar-refractivity contribution in [1.29, 1.82) is 0 Å². The normalized spacial score (nSPS) is 27.6. The fourth-order valence-electron chi connectivity index (χ4n) is 3.79. The predicted molar refractivity (Wildman–Crippen MR) is 82.9 cm³/mol. The first kappa shape index (κ1) is 15.0. The van der Waals surface area contributed by atoms with E-state index in [1.165, 1.54) is 37.7 Å². The third kappa shape index (κ3) is 3.84. The van der Waals surface area contributed by atoms with Crippen molar-refractivity contribution in [2.45, 2.75) is 56.7 Å². The molecule has 0 bridgehead atoms. The quantitative estimate of drug-likeness (QED) is 0.858. The summed E-state index contributed by atoms with van der Waals surface area (Å²) < 4.78 is 1.86. The van der Waals surface area contributed by atoms with Crippen molar-refractivity contribution in [2.24, 2.45) is 7.05 Å². The van der Waals surface area contributed by atoms with Crippen molar-refractivity contribution in [2.75, 3.05) is 19.6 Å². The molecule has 118 valence electrons. The van der Waals surface area contributed by atoms with Crippen LogP contribution in [0.4, 0.5) is 0 Å². The number of aliphatic hydroxyl groups is 1. The molecule has 1 saturated heterocycles. The van der Waals surface area contributed by atoms with Crippen molar-refractivity contribution in [3.8, 4) is 0 Å². The van der Waals surface area contributed by atoms with Crippen LogP contribution in [0.25, 0.3) is 0 Å². The number of aromatic nitrogens is 2. The van der Waals surface area contributed by atoms with E-state index in [1.807, 2.05) is 17.9 Å². The van der Waals surface area contributed by atoms with E-state index >= 15 is 0 Å². The standard InChI is InChI=1S/C16H28N4O/c1-19-10-14(9-18-19)11-20(15-5-3-2-4-6-15)13-16(21)7-8-17-12-16/h9-10,15,17,21H,2-8,11-13H2,1H3. The minimum absolute atomic E-state index is 0.556. The molecular weight excluding hydrogens is 264 g/mol. The van der Waals surface area contributed by atoms with Gasteiger partial charge in [-0.05, 0) is 25.8 Å². The lowest BCUT2D eigenvalue weighted by Crippen LogP contribution is -2.48. The molecule has 21 heavy (non-hydrogen) atoms.